The van der Waals surface area contributed by atoms with Gasteiger partial charge in [0.2, 0.25) is 5.91 Å². The van der Waals surface area contributed by atoms with E-state index in [4.69, 9.17) is 11.6 Å². The van der Waals surface area contributed by atoms with Crippen LogP contribution in [-0.4, -0.2) is 49.4 Å². The van der Waals surface area contributed by atoms with Crippen LogP contribution in [-0.2, 0) is 17.6 Å². The largest absolute Gasteiger partial charge is 0.368 e. The molecule has 2 aromatic rings. The molecule has 1 fully saturated rings. The van der Waals surface area contributed by atoms with Crippen molar-refractivity contribution in [2.24, 2.45) is 0 Å². The molecule has 5 nitrogen and oxygen atoms in total. The van der Waals surface area contributed by atoms with Crippen LogP contribution in [0.5, 0.6) is 0 Å². The van der Waals surface area contributed by atoms with E-state index in [1.165, 1.54) is 0 Å². The molecule has 0 saturated carbocycles. The van der Waals surface area contributed by atoms with E-state index in [0.29, 0.717) is 19.5 Å². The molecule has 3 aliphatic heterocycles. The molecule has 144 valence electrons. The molecule has 0 unspecified atom stereocenters. The van der Waals surface area contributed by atoms with Gasteiger partial charge in [0.15, 0.2) is 0 Å². The monoisotopic (exact) mass is 395 g/mol. The lowest BCUT2D eigenvalue weighted by atomic mass is 9.96. The molecular weight excluding hydrogens is 374 g/mol. The maximum Gasteiger partial charge on any atom is 0.253 e. The van der Waals surface area contributed by atoms with Gasteiger partial charge in [0, 0.05) is 55.4 Å². The molecule has 0 N–H and O–H groups in total. The van der Waals surface area contributed by atoms with Crippen LogP contribution in [0.25, 0.3) is 0 Å². The Morgan fingerprint density at radius 1 is 0.893 bits per heavy atom. The highest BCUT2D eigenvalue weighted by molar-refractivity contribution is 6.30. The van der Waals surface area contributed by atoms with Crippen LogP contribution in [0.1, 0.15) is 27.9 Å². The van der Waals surface area contributed by atoms with E-state index in [1.807, 2.05) is 40.1 Å². The average molecular weight is 396 g/mol. The third kappa shape index (κ3) is 2.94. The van der Waals surface area contributed by atoms with Crippen molar-refractivity contribution in [3.63, 3.8) is 0 Å². The van der Waals surface area contributed by atoms with Gasteiger partial charge in [-0.05, 0) is 54.3 Å². The quantitative estimate of drug-likeness (QED) is 0.784. The summed E-state index contributed by atoms with van der Waals surface area (Å²) < 4.78 is 0. The fourth-order valence-electron chi connectivity index (χ4n) is 4.60. The summed E-state index contributed by atoms with van der Waals surface area (Å²) in [5, 5.41) is 0.732. The second-order valence-corrected chi connectivity index (χ2v) is 8.13. The van der Waals surface area contributed by atoms with Crippen LogP contribution in [0, 0.1) is 0 Å². The molecule has 3 aliphatic rings. The maximum absolute atomic E-state index is 13.1. The summed E-state index contributed by atoms with van der Waals surface area (Å²) in [4.78, 5) is 31.3. The van der Waals surface area contributed by atoms with E-state index < -0.39 is 0 Å². The molecule has 3 heterocycles. The van der Waals surface area contributed by atoms with Gasteiger partial charge in [-0.1, -0.05) is 17.7 Å². The number of carbonyl (C=O) groups excluding carboxylic acids is 2. The highest BCUT2D eigenvalue weighted by atomic mass is 35.5. The molecule has 5 rings (SSSR count). The van der Waals surface area contributed by atoms with Crippen molar-refractivity contribution >= 4 is 34.8 Å². The molecule has 0 atom stereocenters. The van der Waals surface area contributed by atoms with Crippen molar-refractivity contribution in [1.29, 1.82) is 0 Å². The van der Waals surface area contributed by atoms with E-state index in [9.17, 15) is 9.59 Å². The molecule has 1 saturated heterocycles. The van der Waals surface area contributed by atoms with Gasteiger partial charge in [-0.15, -0.1) is 0 Å². The molecular formula is C22H22ClN3O2. The van der Waals surface area contributed by atoms with Crippen molar-refractivity contribution in [2.75, 3.05) is 42.5 Å². The highest BCUT2D eigenvalue weighted by Gasteiger charge is 2.33. The minimum absolute atomic E-state index is 0.0974. The van der Waals surface area contributed by atoms with Crippen LogP contribution in [0.2, 0.25) is 5.02 Å². The zero-order valence-corrected chi connectivity index (χ0v) is 16.4. The maximum atomic E-state index is 13.1. The summed E-state index contributed by atoms with van der Waals surface area (Å²) in [6.07, 6.45) is 2.13. The summed E-state index contributed by atoms with van der Waals surface area (Å²) >= 11 is 6.11. The zero-order valence-electron chi connectivity index (χ0n) is 15.7. The summed E-state index contributed by atoms with van der Waals surface area (Å²) in [5.41, 5.74) is 5.23. The lowest BCUT2D eigenvalue weighted by Crippen LogP contribution is -2.48. The van der Waals surface area contributed by atoms with Crippen molar-refractivity contribution in [1.82, 2.24) is 4.90 Å². The highest BCUT2D eigenvalue weighted by Crippen LogP contribution is 2.37. The second-order valence-electron chi connectivity index (χ2n) is 7.70. The average Bonchev–Trinajstić information content (AvgIpc) is 3.16. The first-order chi connectivity index (χ1) is 13.6. The summed E-state index contributed by atoms with van der Waals surface area (Å²) in [5.74, 6) is 0.308. The number of hydrogen-bond acceptors (Lipinski definition) is 3. The lowest BCUT2D eigenvalue weighted by Gasteiger charge is -2.36. The molecule has 2 amide bonds. The number of hydrogen-bond donors (Lipinski definition) is 0. The van der Waals surface area contributed by atoms with Gasteiger partial charge < -0.3 is 14.7 Å². The Kier molecular flexibility index (Phi) is 4.27. The van der Waals surface area contributed by atoms with E-state index in [1.54, 1.807) is 0 Å². The Bertz CT molecular complexity index is 966. The number of halogens is 1. The Hall–Kier alpha value is -2.53. The summed E-state index contributed by atoms with van der Waals surface area (Å²) in [7, 11) is 0. The second kappa shape index (κ2) is 6.82. The van der Waals surface area contributed by atoms with E-state index in [-0.39, 0.29) is 11.8 Å². The first-order valence-electron chi connectivity index (χ1n) is 9.86. The molecule has 0 bridgehead atoms. The number of anilines is 2. The number of carbonyl (C=O) groups is 2. The van der Waals surface area contributed by atoms with E-state index in [0.717, 1.165) is 65.6 Å². The van der Waals surface area contributed by atoms with Crippen molar-refractivity contribution < 1.29 is 9.59 Å². The molecule has 0 aromatic heterocycles. The fourth-order valence-corrected chi connectivity index (χ4v) is 4.79. The number of aryl methyl sites for hydroxylation is 1. The standard InChI is InChI=1S/C22H22ClN3O2/c23-18-2-1-3-19(14-18)24-8-10-25(11-9-24)22(28)17-12-15-4-5-20(27)26-7-6-16(13-17)21(15)26/h1-3,12-14H,4-11H2. The Morgan fingerprint density at radius 3 is 2.39 bits per heavy atom. The molecule has 0 radical (unpaired) electrons. The fraction of sp³-hybridized carbons (Fsp3) is 0.364. The van der Waals surface area contributed by atoms with Crippen LogP contribution in [0.4, 0.5) is 11.4 Å². The van der Waals surface area contributed by atoms with Gasteiger partial charge >= 0.3 is 0 Å². The van der Waals surface area contributed by atoms with Crippen LogP contribution in [0.15, 0.2) is 36.4 Å². The molecule has 28 heavy (non-hydrogen) atoms. The predicted octanol–water partition coefficient (Wildman–Crippen LogP) is 3.14. The predicted molar refractivity (Wildman–Crippen MR) is 110 cm³/mol. The lowest BCUT2D eigenvalue weighted by molar-refractivity contribution is -0.118. The first-order valence-corrected chi connectivity index (χ1v) is 10.2. The van der Waals surface area contributed by atoms with Crippen molar-refractivity contribution in [2.45, 2.75) is 19.3 Å². The Balaban J connectivity index is 1.32. The number of rotatable bonds is 2. The summed E-state index contributed by atoms with van der Waals surface area (Å²) in [6.45, 7) is 3.74. The minimum Gasteiger partial charge on any atom is -0.368 e. The third-order valence-corrected chi connectivity index (χ3v) is 6.27. The first kappa shape index (κ1) is 17.6. The third-order valence-electron chi connectivity index (χ3n) is 6.04. The Labute approximate surface area is 169 Å². The molecule has 2 aromatic carbocycles. The minimum atomic E-state index is 0.0974. The smallest absolute Gasteiger partial charge is 0.253 e. The van der Waals surface area contributed by atoms with Gasteiger partial charge in [-0.2, -0.15) is 0 Å². The number of amides is 2. The van der Waals surface area contributed by atoms with Crippen LogP contribution < -0.4 is 9.80 Å². The normalized spacial score (nSPS) is 18.5. The molecule has 0 spiro atoms. The molecule has 0 aliphatic carbocycles. The Morgan fingerprint density at radius 2 is 1.64 bits per heavy atom. The van der Waals surface area contributed by atoms with Gasteiger partial charge in [-0.25, -0.2) is 0 Å². The van der Waals surface area contributed by atoms with Gasteiger partial charge in [0.05, 0.1) is 5.69 Å². The van der Waals surface area contributed by atoms with E-state index in [2.05, 4.69) is 11.0 Å². The topological polar surface area (TPSA) is 43.9 Å². The number of piperazine rings is 1. The molecule has 6 heteroatoms. The number of nitrogens with zero attached hydrogens (tertiary/aromatic N) is 3. The van der Waals surface area contributed by atoms with Crippen molar-refractivity contribution in [3.8, 4) is 0 Å². The zero-order chi connectivity index (χ0) is 19.3. The van der Waals surface area contributed by atoms with Gasteiger partial charge in [0.1, 0.15) is 0 Å². The van der Waals surface area contributed by atoms with Crippen molar-refractivity contribution in [3.05, 3.63) is 58.1 Å². The van der Waals surface area contributed by atoms with Gasteiger partial charge in [-0.3, -0.25) is 9.59 Å². The van der Waals surface area contributed by atoms with E-state index >= 15 is 0 Å². The van der Waals surface area contributed by atoms with Crippen LogP contribution >= 0.6 is 11.6 Å². The van der Waals surface area contributed by atoms with Gasteiger partial charge in [0.25, 0.3) is 5.91 Å². The van der Waals surface area contributed by atoms with Crippen LogP contribution in [0.3, 0.4) is 0 Å². The number of benzene rings is 2. The summed E-state index contributed by atoms with van der Waals surface area (Å²) in [6, 6.07) is 11.9. The SMILES string of the molecule is O=C(c1cc2c3c(c1)CCN3C(=O)CC2)N1CCN(c2cccc(Cl)c2)CC1.